The number of amides is 2. The second-order valence-electron chi connectivity index (χ2n) is 19.8. The van der Waals surface area contributed by atoms with Gasteiger partial charge in [-0.25, -0.2) is 0 Å². The molecule has 2 unspecified atom stereocenters. The summed E-state index contributed by atoms with van der Waals surface area (Å²) in [6.45, 7) is 6.78. The third-order valence-corrected chi connectivity index (χ3v) is 13.5. The van der Waals surface area contributed by atoms with Crippen LogP contribution in [0.2, 0.25) is 0 Å². The van der Waals surface area contributed by atoms with E-state index in [9.17, 15) is 9.59 Å². The van der Waals surface area contributed by atoms with Gasteiger partial charge in [0.15, 0.2) is 0 Å². The van der Waals surface area contributed by atoms with Gasteiger partial charge < -0.3 is 11.1 Å². The lowest BCUT2D eigenvalue weighted by atomic mass is 9.90. The fourth-order valence-electron chi connectivity index (χ4n) is 9.19. The maximum absolute atomic E-state index is 12.9. The lowest BCUT2D eigenvalue weighted by Crippen LogP contribution is -2.38. The average molecular weight is 870 g/mol. The first-order valence-electron chi connectivity index (χ1n) is 28.4. The lowest BCUT2D eigenvalue weighted by molar-refractivity contribution is -0.124. The highest BCUT2D eigenvalue weighted by molar-refractivity contribution is 5.77. The SMILES string of the molecule is CCCCCCCCCCCCCCC/C=C\CCCCCCCCC(=O)NC(CCCC)CC(CCCCCCC/C=C\CCCCCCCCCCCCCCC)C(N)=O. The summed E-state index contributed by atoms with van der Waals surface area (Å²) in [7, 11) is 0. The second kappa shape index (κ2) is 52.0. The number of unbranched alkanes of at least 4 members (excludes halogenated alkanes) is 38. The Labute approximate surface area is 389 Å². The Morgan fingerprint density at radius 3 is 0.984 bits per heavy atom. The monoisotopic (exact) mass is 869 g/mol. The summed E-state index contributed by atoms with van der Waals surface area (Å²) in [6.07, 6.45) is 69.8. The van der Waals surface area contributed by atoms with E-state index < -0.39 is 0 Å². The Balaban J connectivity index is 3.83. The largest absolute Gasteiger partial charge is 0.369 e. The van der Waals surface area contributed by atoms with Crippen molar-refractivity contribution in [2.24, 2.45) is 11.7 Å². The highest BCUT2D eigenvalue weighted by Crippen LogP contribution is 2.21. The minimum Gasteiger partial charge on any atom is -0.369 e. The van der Waals surface area contributed by atoms with Gasteiger partial charge in [-0.2, -0.15) is 0 Å². The molecule has 0 aliphatic rings. The van der Waals surface area contributed by atoms with E-state index in [-0.39, 0.29) is 23.8 Å². The molecule has 0 bridgehead atoms. The van der Waals surface area contributed by atoms with Gasteiger partial charge in [-0.05, 0) is 77.0 Å². The van der Waals surface area contributed by atoms with Crippen molar-refractivity contribution in [3.05, 3.63) is 24.3 Å². The molecule has 2 amide bonds. The molecule has 0 aromatic carbocycles. The summed E-state index contributed by atoms with van der Waals surface area (Å²) in [4.78, 5) is 25.3. The average Bonchev–Trinajstić information content (AvgIpc) is 3.26. The van der Waals surface area contributed by atoms with Crippen LogP contribution in [0.1, 0.15) is 323 Å². The summed E-state index contributed by atoms with van der Waals surface area (Å²) in [6, 6.07) is 0.0593. The van der Waals surface area contributed by atoms with E-state index in [2.05, 4.69) is 50.4 Å². The van der Waals surface area contributed by atoms with Crippen molar-refractivity contribution in [3.8, 4) is 0 Å². The molecule has 0 aliphatic carbocycles. The molecule has 0 aromatic heterocycles. The lowest BCUT2D eigenvalue weighted by Gasteiger charge is -2.23. The number of nitrogens with two attached hydrogens (primary N) is 1. The molecule has 0 saturated heterocycles. The van der Waals surface area contributed by atoms with Crippen molar-refractivity contribution in [2.45, 2.75) is 329 Å². The zero-order chi connectivity index (χ0) is 45.1. The van der Waals surface area contributed by atoms with E-state index in [1.807, 2.05) is 0 Å². The van der Waals surface area contributed by atoms with Gasteiger partial charge in [-0.15, -0.1) is 0 Å². The van der Waals surface area contributed by atoms with Gasteiger partial charge in [-0.1, -0.05) is 263 Å². The molecule has 0 rings (SSSR count). The molecule has 4 nitrogen and oxygen atoms in total. The maximum Gasteiger partial charge on any atom is 0.220 e. The fraction of sp³-hybridized carbons (Fsp3) is 0.897. The van der Waals surface area contributed by atoms with Gasteiger partial charge >= 0.3 is 0 Å². The van der Waals surface area contributed by atoms with Gasteiger partial charge in [-0.3, -0.25) is 9.59 Å². The molecule has 0 spiro atoms. The summed E-state index contributed by atoms with van der Waals surface area (Å²) < 4.78 is 0. The van der Waals surface area contributed by atoms with Crippen molar-refractivity contribution >= 4 is 11.8 Å². The van der Waals surface area contributed by atoms with Crippen LogP contribution in [0.15, 0.2) is 24.3 Å². The number of carbonyl (C=O) groups excluding carboxylic acids is 2. The summed E-state index contributed by atoms with van der Waals surface area (Å²) >= 11 is 0. The predicted octanol–water partition coefficient (Wildman–Crippen LogP) is 19.1. The van der Waals surface area contributed by atoms with Crippen LogP contribution in [0.5, 0.6) is 0 Å². The Morgan fingerprint density at radius 2 is 0.661 bits per heavy atom. The van der Waals surface area contributed by atoms with E-state index in [1.54, 1.807) is 0 Å². The van der Waals surface area contributed by atoms with Crippen LogP contribution in [-0.4, -0.2) is 17.9 Å². The molecule has 0 aromatic rings. The van der Waals surface area contributed by atoms with Crippen molar-refractivity contribution < 1.29 is 9.59 Å². The van der Waals surface area contributed by atoms with Crippen LogP contribution in [0.25, 0.3) is 0 Å². The van der Waals surface area contributed by atoms with E-state index in [0.29, 0.717) is 12.8 Å². The normalized spacial score (nSPS) is 12.8. The van der Waals surface area contributed by atoms with E-state index in [0.717, 1.165) is 51.4 Å². The van der Waals surface area contributed by atoms with Crippen molar-refractivity contribution in [3.63, 3.8) is 0 Å². The molecule has 0 heterocycles. The van der Waals surface area contributed by atoms with Crippen LogP contribution in [0.3, 0.4) is 0 Å². The van der Waals surface area contributed by atoms with Crippen LogP contribution in [-0.2, 0) is 9.59 Å². The van der Waals surface area contributed by atoms with Gasteiger partial charge in [0.1, 0.15) is 0 Å². The number of nitrogens with one attached hydrogen (secondary N) is 1. The quantitative estimate of drug-likeness (QED) is 0.0472. The molecule has 0 radical (unpaired) electrons. The van der Waals surface area contributed by atoms with Crippen molar-refractivity contribution in [2.75, 3.05) is 0 Å². The second-order valence-corrected chi connectivity index (χ2v) is 19.8. The molecule has 62 heavy (non-hydrogen) atoms. The Kier molecular flexibility index (Phi) is 50.7. The van der Waals surface area contributed by atoms with Crippen LogP contribution >= 0.6 is 0 Å². The number of hydrogen-bond donors (Lipinski definition) is 2. The first-order chi connectivity index (χ1) is 30.5. The third kappa shape index (κ3) is 47.9. The minimum absolute atomic E-state index is 0.0593. The van der Waals surface area contributed by atoms with Crippen LogP contribution in [0, 0.1) is 5.92 Å². The Morgan fingerprint density at radius 1 is 0.371 bits per heavy atom. The zero-order valence-electron chi connectivity index (χ0n) is 42.6. The number of hydrogen-bond acceptors (Lipinski definition) is 2. The Bertz CT molecular complexity index is 959. The van der Waals surface area contributed by atoms with Crippen molar-refractivity contribution in [1.82, 2.24) is 5.32 Å². The van der Waals surface area contributed by atoms with E-state index in [1.165, 1.54) is 238 Å². The molecule has 0 fully saturated rings. The molecule has 0 aliphatic heterocycles. The molecule has 0 saturated carbocycles. The summed E-state index contributed by atoms with van der Waals surface area (Å²) in [5, 5.41) is 3.31. The number of primary amides is 1. The minimum atomic E-state index is -0.195. The van der Waals surface area contributed by atoms with Gasteiger partial charge in [0.05, 0.1) is 0 Å². The highest BCUT2D eigenvalue weighted by Gasteiger charge is 2.22. The summed E-state index contributed by atoms with van der Waals surface area (Å²) in [5.74, 6) is -0.180. The molecular formula is C58H112N2O2. The summed E-state index contributed by atoms with van der Waals surface area (Å²) in [5.41, 5.74) is 5.90. The van der Waals surface area contributed by atoms with Gasteiger partial charge in [0.2, 0.25) is 11.8 Å². The van der Waals surface area contributed by atoms with Crippen LogP contribution in [0.4, 0.5) is 0 Å². The molecule has 4 heteroatoms. The Hall–Kier alpha value is -1.58. The van der Waals surface area contributed by atoms with Gasteiger partial charge in [0.25, 0.3) is 0 Å². The van der Waals surface area contributed by atoms with Gasteiger partial charge in [0, 0.05) is 18.4 Å². The first-order valence-corrected chi connectivity index (χ1v) is 28.4. The topological polar surface area (TPSA) is 72.2 Å². The van der Waals surface area contributed by atoms with E-state index >= 15 is 0 Å². The van der Waals surface area contributed by atoms with E-state index in [4.69, 9.17) is 5.73 Å². The molecule has 2 atom stereocenters. The third-order valence-electron chi connectivity index (χ3n) is 13.5. The predicted molar refractivity (Wildman–Crippen MR) is 277 cm³/mol. The van der Waals surface area contributed by atoms with Crippen molar-refractivity contribution in [1.29, 1.82) is 0 Å². The number of rotatable bonds is 52. The van der Waals surface area contributed by atoms with Crippen LogP contribution < -0.4 is 11.1 Å². The number of carbonyl (C=O) groups is 2. The molecule has 3 N–H and O–H groups in total. The number of allylic oxidation sites excluding steroid dienone is 4. The first kappa shape index (κ1) is 60.4. The maximum atomic E-state index is 12.9. The molecule has 366 valence electrons. The smallest absolute Gasteiger partial charge is 0.220 e. The molecular weight excluding hydrogens is 757 g/mol. The zero-order valence-corrected chi connectivity index (χ0v) is 42.6. The standard InChI is InChI=1S/C58H112N2O2/c1-4-7-10-12-14-16-18-20-22-24-26-28-30-32-34-36-38-40-42-44-46-48-50-53-57(61)60-56(52-9-6-3)54-55(58(59)62)51-49-47-45-43-41-39-37-35-33-31-29-27-25-23-21-19-17-15-13-11-8-5-2/h34-37,55-56H,4-33,38-54H2,1-3H3,(H2,59,62)(H,60,61)/b36-34-,37-35-. The fourth-order valence-corrected chi connectivity index (χ4v) is 9.19. The highest BCUT2D eigenvalue weighted by atomic mass is 16.2.